The van der Waals surface area contributed by atoms with Gasteiger partial charge in [-0.3, -0.25) is 14.9 Å². The zero-order valence-corrected chi connectivity index (χ0v) is 18.1. The summed E-state index contributed by atoms with van der Waals surface area (Å²) < 4.78 is 11.2. The van der Waals surface area contributed by atoms with Crippen LogP contribution in [0.1, 0.15) is 42.6 Å². The molecule has 0 aliphatic carbocycles. The van der Waals surface area contributed by atoms with Gasteiger partial charge in [-0.2, -0.15) is 0 Å². The number of amides is 1. The van der Waals surface area contributed by atoms with Crippen molar-refractivity contribution >= 4 is 17.3 Å². The molecule has 0 saturated carbocycles. The van der Waals surface area contributed by atoms with Crippen LogP contribution in [-0.2, 0) is 6.42 Å². The van der Waals surface area contributed by atoms with Crippen molar-refractivity contribution in [3.05, 3.63) is 57.6 Å². The van der Waals surface area contributed by atoms with Gasteiger partial charge < -0.3 is 19.7 Å². The van der Waals surface area contributed by atoms with E-state index in [1.54, 1.807) is 12.1 Å². The quantitative estimate of drug-likeness (QED) is 0.456. The molecule has 0 aromatic heterocycles. The van der Waals surface area contributed by atoms with Gasteiger partial charge >= 0.3 is 0 Å². The molecule has 1 aliphatic heterocycles. The van der Waals surface area contributed by atoms with Gasteiger partial charge in [0.1, 0.15) is 5.69 Å². The minimum Gasteiger partial charge on any atom is -0.490 e. The maximum absolute atomic E-state index is 12.6. The Kier molecular flexibility index (Phi) is 7.70. The maximum atomic E-state index is 12.6. The Balaban J connectivity index is 1.63. The van der Waals surface area contributed by atoms with Crippen LogP contribution in [0.4, 0.5) is 11.4 Å². The van der Waals surface area contributed by atoms with E-state index >= 15 is 0 Å². The number of nitro benzene ring substituents is 1. The highest BCUT2D eigenvalue weighted by atomic mass is 16.6. The highest BCUT2D eigenvalue weighted by Gasteiger charge is 2.23. The number of carbonyl (C=O) groups is 1. The zero-order chi connectivity index (χ0) is 22.2. The van der Waals surface area contributed by atoms with E-state index in [4.69, 9.17) is 9.47 Å². The number of nitrogens with one attached hydrogen (secondary N) is 1. The van der Waals surface area contributed by atoms with E-state index in [0.29, 0.717) is 43.4 Å². The van der Waals surface area contributed by atoms with Gasteiger partial charge in [0.2, 0.25) is 0 Å². The van der Waals surface area contributed by atoms with Gasteiger partial charge in [-0.25, -0.2) is 0 Å². The fraction of sp³-hybridized carbons (Fsp3) is 0.435. The average Bonchev–Trinajstić information content (AvgIpc) is 3.30. The number of carbonyl (C=O) groups excluding carboxylic acids is 1. The fourth-order valence-corrected chi connectivity index (χ4v) is 3.71. The molecule has 0 atom stereocenters. The van der Waals surface area contributed by atoms with Gasteiger partial charge in [0.25, 0.3) is 11.6 Å². The third kappa shape index (κ3) is 5.65. The number of hydrogen-bond acceptors (Lipinski definition) is 6. The number of nitro groups is 1. The number of nitrogens with zero attached hydrogens (tertiary/aromatic N) is 2. The molecule has 0 radical (unpaired) electrons. The van der Waals surface area contributed by atoms with E-state index < -0.39 is 4.92 Å². The molecule has 1 N–H and O–H groups in total. The van der Waals surface area contributed by atoms with Crippen LogP contribution in [0, 0.1) is 10.1 Å². The lowest BCUT2D eigenvalue weighted by molar-refractivity contribution is -0.384. The summed E-state index contributed by atoms with van der Waals surface area (Å²) in [6.07, 6.45) is 2.65. The Morgan fingerprint density at radius 1 is 1.06 bits per heavy atom. The molecule has 1 fully saturated rings. The molecule has 8 nitrogen and oxygen atoms in total. The van der Waals surface area contributed by atoms with Crippen LogP contribution in [0.25, 0.3) is 0 Å². The Labute approximate surface area is 182 Å². The molecule has 1 heterocycles. The molecule has 0 spiro atoms. The number of anilines is 1. The molecule has 2 aromatic carbocycles. The summed E-state index contributed by atoms with van der Waals surface area (Å²) in [5, 5.41) is 14.4. The highest BCUT2D eigenvalue weighted by molar-refractivity contribution is 5.95. The third-order valence-corrected chi connectivity index (χ3v) is 5.19. The normalized spacial score (nSPS) is 13.2. The van der Waals surface area contributed by atoms with Crippen molar-refractivity contribution in [3.8, 4) is 11.5 Å². The monoisotopic (exact) mass is 427 g/mol. The largest absolute Gasteiger partial charge is 0.490 e. The van der Waals surface area contributed by atoms with Gasteiger partial charge in [0.15, 0.2) is 11.5 Å². The number of benzene rings is 2. The van der Waals surface area contributed by atoms with E-state index in [1.165, 1.54) is 6.07 Å². The molecule has 1 saturated heterocycles. The summed E-state index contributed by atoms with van der Waals surface area (Å²) in [7, 11) is 0. The maximum Gasteiger partial charge on any atom is 0.293 e. The van der Waals surface area contributed by atoms with Gasteiger partial charge in [0.05, 0.1) is 18.1 Å². The predicted molar refractivity (Wildman–Crippen MR) is 119 cm³/mol. The van der Waals surface area contributed by atoms with Crippen molar-refractivity contribution in [2.45, 2.75) is 33.1 Å². The van der Waals surface area contributed by atoms with Gasteiger partial charge in [-0.1, -0.05) is 6.07 Å². The second-order valence-corrected chi connectivity index (χ2v) is 7.31. The molecule has 2 aromatic rings. The molecule has 1 aliphatic rings. The molecule has 0 bridgehead atoms. The second-order valence-electron chi connectivity index (χ2n) is 7.31. The minimum absolute atomic E-state index is 0.0255. The van der Waals surface area contributed by atoms with Crippen molar-refractivity contribution in [3.63, 3.8) is 0 Å². The van der Waals surface area contributed by atoms with Crippen molar-refractivity contribution in [1.82, 2.24) is 5.32 Å². The van der Waals surface area contributed by atoms with E-state index in [9.17, 15) is 14.9 Å². The van der Waals surface area contributed by atoms with Gasteiger partial charge in [0, 0.05) is 31.3 Å². The first-order valence-electron chi connectivity index (χ1n) is 10.7. The van der Waals surface area contributed by atoms with E-state index in [1.807, 2.05) is 36.9 Å². The summed E-state index contributed by atoms with van der Waals surface area (Å²) >= 11 is 0. The minimum atomic E-state index is -0.417. The molecule has 1 amide bonds. The van der Waals surface area contributed by atoms with E-state index in [0.717, 1.165) is 31.5 Å². The molecule has 3 rings (SSSR count). The first kappa shape index (κ1) is 22.4. The topological polar surface area (TPSA) is 93.9 Å². The summed E-state index contributed by atoms with van der Waals surface area (Å²) in [5.74, 6) is 1.05. The van der Waals surface area contributed by atoms with Crippen molar-refractivity contribution < 1.29 is 19.2 Å². The van der Waals surface area contributed by atoms with Crippen molar-refractivity contribution in [1.29, 1.82) is 0 Å². The predicted octanol–water partition coefficient (Wildman–Crippen LogP) is 3.96. The van der Waals surface area contributed by atoms with Crippen LogP contribution < -0.4 is 19.7 Å². The van der Waals surface area contributed by atoms with Crippen LogP contribution in [0.2, 0.25) is 0 Å². The molecule has 0 unspecified atom stereocenters. The molecule has 8 heteroatoms. The van der Waals surface area contributed by atoms with Crippen LogP contribution in [-0.4, -0.2) is 43.7 Å². The summed E-state index contributed by atoms with van der Waals surface area (Å²) in [4.78, 5) is 25.7. The lowest BCUT2D eigenvalue weighted by Gasteiger charge is -2.17. The summed E-state index contributed by atoms with van der Waals surface area (Å²) in [6, 6.07) is 10.4. The van der Waals surface area contributed by atoms with Crippen LogP contribution in [0.5, 0.6) is 11.5 Å². The van der Waals surface area contributed by atoms with Crippen molar-refractivity contribution in [2.24, 2.45) is 0 Å². The standard InChI is InChI=1S/C23H29N3O5/c1-3-30-21-10-7-17(15-22(21)31-4-2)11-12-24-23(27)18-8-9-19(20(16-18)26(28)29)25-13-5-6-14-25/h7-10,15-16H,3-6,11-14H2,1-2H3,(H,24,27). The Morgan fingerprint density at radius 2 is 1.77 bits per heavy atom. The van der Waals surface area contributed by atoms with Crippen molar-refractivity contribution in [2.75, 3.05) is 37.7 Å². The third-order valence-electron chi connectivity index (χ3n) is 5.19. The summed E-state index contributed by atoms with van der Waals surface area (Å²) in [5.41, 5.74) is 1.85. The molecular weight excluding hydrogens is 398 g/mol. The number of hydrogen-bond donors (Lipinski definition) is 1. The lowest BCUT2D eigenvalue weighted by atomic mass is 10.1. The van der Waals surface area contributed by atoms with Gasteiger partial charge in [-0.05, 0) is 62.9 Å². The van der Waals surface area contributed by atoms with Gasteiger partial charge in [-0.15, -0.1) is 0 Å². The smallest absolute Gasteiger partial charge is 0.293 e. The van der Waals surface area contributed by atoms with E-state index in [-0.39, 0.29) is 17.2 Å². The number of rotatable bonds is 10. The molecule has 166 valence electrons. The lowest BCUT2D eigenvalue weighted by Crippen LogP contribution is -2.26. The van der Waals surface area contributed by atoms with Crippen LogP contribution >= 0.6 is 0 Å². The molecular formula is C23H29N3O5. The number of ether oxygens (including phenoxy) is 2. The van der Waals surface area contributed by atoms with Crippen LogP contribution in [0.3, 0.4) is 0 Å². The molecule has 31 heavy (non-hydrogen) atoms. The average molecular weight is 428 g/mol. The van der Waals surface area contributed by atoms with E-state index in [2.05, 4.69) is 5.32 Å². The SMILES string of the molecule is CCOc1ccc(CCNC(=O)c2ccc(N3CCCC3)c([N+](=O)[O-])c2)cc1OCC. The zero-order valence-electron chi connectivity index (χ0n) is 18.1. The highest BCUT2D eigenvalue weighted by Crippen LogP contribution is 2.32. The van der Waals surface area contributed by atoms with Crippen LogP contribution in [0.15, 0.2) is 36.4 Å². The Morgan fingerprint density at radius 3 is 2.45 bits per heavy atom. The first-order chi connectivity index (χ1) is 15.0. The fourth-order valence-electron chi connectivity index (χ4n) is 3.71. The first-order valence-corrected chi connectivity index (χ1v) is 10.7. The Hall–Kier alpha value is -3.29. The summed E-state index contributed by atoms with van der Waals surface area (Å²) in [6.45, 7) is 6.93. The Bertz CT molecular complexity index is 925. The second kappa shape index (κ2) is 10.7.